The topological polar surface area (TPSA) is 95.1 Å². The van der Waals surface area contributed by atoms with Crippen molar-refractivity contribution in [1.29, 1.82) is 0 Å². The van der Waals surface area contributed by atoms with Gasteiger partial charge in [-0.2, -0.15) is 0 Å². The minimum absolute atomic E-state index is 0.0363. The Balaban J connectivity index is 1.92. The predicted octanol–water partition coefficient (Wildman–Crippen LogP) is 3.36. The van der Waals surface area contributed by atoms with E-state index in [0.717, 1.165) is 5.56 Å². The van der Waals surface area contributed by atoms with E-state index >= 15 is 0 Å². The summed E-state index contributed by atoms with van der Waals surface area (Å²) in [5.74, 6) is 0.840. The summed E-state index contributed by atoms with van der Waals surface area (Å²) in [6.07, 6.45) is 3.79. The lowest BCUT2D eigenvalue weighted by molar-refractivity contribution is -0.123. The highest BCUT2D eigenvalue weighted by atomic mass is 16.5. The summed E-state index contributed by atoms with van der Waals surface area (Å²) in [5.41, 5.74) is 5.91. The van der Waals surface area contributed by atoms with Crippen molar-refractivity contribution >= 4 is 17.9 Å². The van der Waals surface area contributed by atoms with E-state index in [4.69, 9.17) is 18.9 Å². The number of methoxy groups -OCH3 is 2. The lowest BCUT2D eigenvalue weighted by atomic mass is 10.2. The largest absolute Gasteiger partial charge is 0.493 e. The van der Waals surface area contributed by atoms with Gasteiger partial charge in [-0.1, -0.05) is 18.2 Å². The molecule has 0 atom stereocenters. The molecule has 0 saturated carbocycles. The third-order valence-corrected chi connectivity index (χ3v) is 4.01. The minimum Gasteiger partial charge on any atom is -0.493 e. The van der Waals surface area contributed by atoms with Crippen LogP contribution in [0.1, 0.15) is 36.7 Å². The second kappa shape index (κ2) is 11.5. The molecule has 2 N–H and O–H groups in total. The number of hydrogen-bond donors (Lipinski definition) is 2. The zero-order valence-electron chi connectivity index (χ0n) is 18.4. The van der Waals surface area contributed by atoms with Crippen LogP contribution in [0.3, 0.4) is 0 Å². The Morgan fingerprint density at radius 3 is 2.26 bits per heavy atom. The highest BCUT2D eigenvalue weighted by molar-refractivity contribution is 5.96. The van der Waals surface area contributed by atoms with Crippen LogP contribution in [0.25, 0.3) is 6.08 Å². The average Bonchev–Trinajstić information content (AvgIpc) is 2.76. The van der Waals surface area contributed by atoms with Gasteiger partial charge in [0.25, 0.3) is 11.8 Å². The number of hydrogen-bond acceptors (Lipinski definition) is 6. The van der Waals surface area contributed by atoms with Gasteiger partial charge in [0.15, 0.2) is 29.6 Å². The van der Waals surface area contributed by atoms with E-state index in [0.29, 0.717) is 28.6 Å². The van der Waals surface area contributed by atoms with Gasteiger partial charge >= 0.3 is 0 Å². The fraction of sp³-hybridized carbons (Fsp3) is 0.304. The maximum Gasteiger partial charge on any atom is 0.276 e. The molecule has 0 aliphatic carbocycles. The van der Waals surface area contributed by atoms with Crippen LogP contribution in [0.4, 0.5) is 0 Å². The van der Waals surface area contributed by atoms with E-state index in [2.05, 4.69) is 10.9 Å². The van der Waals surface area contributed by atoms with E-state index in [1.807, 2.05) is 39.0 Å². The lowest BCUT2D eigenvalue weighted by Crippen LogP contribution is -2.43. The molecular weight excluding hydrogens is 400 g/mol. The van der Waals surface area contributed by atoms with Gasteiger partial charge in [-0.25, -0.2) is 0 Å². The lowest BCUT2D eigenvalue weighted by Gasteiger charge is -2.15. The highest BCUT2D eigenvalue weighted by Crippen LogP contribution is 2.29. The Labute approximate surface area is 182 Å². The Kier molecular flexibility index (Phi) is 8.75. The van der Waals surface area contributed by atoms with Crippen molar-refractivity contribution in [3.05, 3.63) is 53.6 Å². The second-order valence-corrected chi connectivity index (χ2v) is 6.73. The molecular formula is C23H28N2O6. The third kappa shape index (κ3) is 6.95. The van der Waals surface area contributed by atoms with Gasteiger partial charge in [0.05, 0.1) is 20.3 Å². The fourth-order valence-electron chi connectivity index (χ4n) is 2.64. The number of benzene rings is 2. The first-order chi connectivity index (χ1) is 14.9. The zero-order chi connectivity index (χ0) is 22.8. The molecule has 0 bridgehead atoms. The number of rotatable bonds is 9. The molecule has 2 rings (SSSR count). The number of ether oxygens (including phenoxy) is 4. The van der Waals surface area contributed by atoms with Gasteiger partial charge in [0.1, 0.15) is 0 Å². The number of carbonyl (C=O) groups is 2. The van der Waals surface area contributed by atoms with Crippen LogP contribution in [-0.2, 0) is 4.79 Å². The molecule has 0 spiro atoms. The molecule has 166 valence electrons. The Hall–Kier alpha value is -3.68. The molecule has 2 amide bonds. The Morgan fingerprint density at radius 2 is 1.61 bits per heavy atom. The molecule has 0 saturated heterocycles. The smallest absolute Gasteiger partial charge is 0.276 e. The minimum atomic E-state index is -0.528. The second-order valence-electron chi connectivity index (χ2n) is 6.73. The van der Waals surface area contributed by atoms with Gasteiger partial charge in [-0.3, -0.25) is 20.4 Å². The van der Waals surface area contributed by atoms with Crippen molar-refractivity contribution in [3.63, 3.8) is 0 Å². The van der Waals surface area contributed by atoms with Crippen molar-refractivity contribution in [2.24, 2.45) is 0 Å². The first-order valence-electron chi connectivity index (χ1n) is 9.75. The van der Waals surface area contributed by atoms with E-state index in [9.17, 15) is 9.59 Å². The Bertz CT molecular complexity index is 940. The summed E-state index contributed by atoms with van der Waals surface area (Å²) in [5, 5.41) is 0. The third-order valence-electron chi connectivity index (χ3n) is 4.01. The van der Waals surface area contributed by atoms with Crippen molar-refractivity contribution in [2.75, 3.05) is 20.8 Å². The molecule has 0 unspecified atom stereocenters. The molecule has 31 heavy (non-hydrogen) atoms. The molecule has 0 heterocycles. The highest BCUT2D eigenvalue weighted by Gasteiger charge is 2.14. The fourth-order valence-corrected chi connectivity index (χ4v) is 2.64. The van der Waals surface area contributed by atoms with Gasteiger partial charge in [0.2, 0.25) is 0 Å². The molecule has 2 aromatic rings. The Morgan fingerprint density at radius 1 is 0.935 bits per heavy atom. The summed E-state index contributed by atoms with van der Waals surface area (Å²) in [4.78, 5) is 24.4. The van der Waals surface area contributed by atoms with Crippen LogP contribution in [0.15, 0.2) is 42.5 Å². The van der Waals surface area contributed by atoms with Crippen LogP contribution in [0.5, 0.6) is 23.0 Å². The van der Waals surface area contributed by atoms with E-state index < -0.39 is 11.8 Å². The molecule has 0 aliphatic heterocycles. The number of carbonyl (C=O) groups excluding carboxylic acids is 2. The molecule has 0 aromatic heterocycles. The predicted molar refractivity (Wildman–Crippen MR) is 118 cm³/mol. The summed E-state index contributed by atoms with van der Waals surface area (Å²) >= 11 is 0. The molecule has 0 radical (unpaired) electrons. The van der Waals surface area contributed by atoms with Crippen LogP contribution < -0.4 is 29.8 Å². The molecule has 0 aliphatic rings. The molecule has 2 aromatic carbocycles. The van der Waals surface area contributed by atoms with E-state index in [1.54, 1.807) is 24.3 Å². The van der Waals surface area contributed by atoms with Crippen molar-refractivity contribution < 1.29 is 28.5 Å². The van der Waals surface area contributed by atoms with Gasteiger partial charge in [0, 0.05) is 5.56 Å². The average molecular weight is 428 g/mol. The SMILES string of the molecule is C/C=C/c1ccc(OCC(=O)NNC(=O)c2ccc(OC(C)C)c(OC)c2)c(OC)c1. The van der Waals surface area contributed by atoms with Crippen molar-refractivity contribution in [2.45, 2.75) is 26.9 Å². The number of amides is 2. The number of hydrazine groups is 1. The zero-order valence-corrected chi connectivity index (χ0v) is 18.4. The quantitative estimate of drug-likeness (QED) is 0.595. The first kappa shape index (κ1) is 23.6. The van der Waals surface area contributed by atoms with Crippen molar-refractivity contribution in [1.82, 2.24) is 10.9 Å². The van der Waals surface area contributed by atoms with Crippen LogP contribution in [-0.4, -0.2) is 38.7 Å². The summed E-state index contributed by atoms with van der Waals surface area (Å²) in [6, 6.07) is 10.1. The standard InChI is InChI=1S/C23H28N2O6/c1-6-7-16-8-10-18(20(12-16)28-4)30-14-22(26)24-25-23(27)17-9-11-19(31-15(2)3)21(13-17)29-5/h6-13,15H,14H2,1-5H3,(H,24,26)(H,25,27)/b7-6+. The summed E-state index contributed by atoms with van der Waals surface area (Å²) in [7, 11) is 3.01. The number of nitrogens with one attached hydrogen (secondary N) is 2. The molecule has 0 fully saturated rings. The maximum atomic E-state index is 12.3. The normalized spacial score (nSPS) is 10.6. The maximum absolute atomic E-state index is 12.3. The van der Waals surface area contributed by atoms with Crippen LogP contribution >= 0.6 is 0 Å². The van der Waals surface area contributed by atoms with E-state index in [-0.39, 0.29) is 12.7 Å². The summed E-state index contributed by atoms with van der Waals surface area (Å²) in [6.45, 7) is 5.40. The van der Waals surface area contributed by atoms with Crippen LogP contribution in [0.2, 0.25) is 0 Å². The van der Waals surface area contributed by atoms with E-state index in [1.165, 1.54) is 20.3 Å². The summed E-state index contributed by atoms with van der Waals surface area (Å²) < 4.78 is 21.7. The first-order valence-corrected chi connectivity index (χ1v) is 9.75. The van der Waals surface area contributed by atoms with Gasteiger partial charge in [-0.05, 0) is 56.7 Å². The monoisotopic (exact) mass is 428 g/mol. The van der Waals surface area contributed by atoms with Gasteiger partial charge < -0.3 is 18.9 Å². The number of allylic oxidation sites excluding steroid dienone is 1. The molecule has 8 heteroatoms. The molecule has 8 nitrogen and oxygen atoms in total. The van der Waals surface area contributed by atoms with Crippen molar-refractivity contribution in [3.8, 4) is 23.0 Å². The van der Waals surface area contributed by atoms with Crippen LogP contribution in [0, 0.1) is 0 Å². The van der Waals surface area contributed by atoms with Gasteiger partial charge in [-0.15, -0.1) is 0 Å².